The van der Waals surface area contributed by atoms with Crippen molar-refractivity contribution in [1.29, 1.82) is 0 Å². The molecule has 2 rings (SSSR count). The molecule has 1 amide bonds. The third-order valence-electron chi connectivity index (χ3n) is 3.19. The van der Waals surface area contributed by atoms with Crippen molar-refractivity contribution in [3.8, 4) is 11.5 Å². The van der Waals surface area contributed by atoms with Gasteiger partial charge in [0.25, 0.3) is 0 Å². The number of alkyl halides is 2. The van der Waals surface area contributed by atoms with Crippen LogP contribution in [0.1, 0.15) is 5.56 Å². The van der Waals surface area contributed by atoms with Crippen LogP contribution >= 0.6 is 0 Å². The number of hydrogen-bond donors (Lipinski definition) is 2. The van der Waals surface area contributed by atoms with Crippen LogP contribution < -0.4 is 20.1 Å². The molecule has 0 saturated heterocycles. The summed E-state index contributed by atoms with van der Waals surface area (Å²) in [6.07, 6.45) is 0. The van der Waals surface area contributed by atoms with Crippen LogP contribution in [-0.2, 0) is 11.3 Å². The molecule has 5 nitrogen and oxygen atoms in total. The van der Waals surface area contributed by atoms with Crippen molar-refractivity contribution in [2.24, 2.45) is 0 Å². The highest BCUT2D eigenvalue weighted by molar-refractivity contribution is 5.81. The summed E-state index contributed by atoms with van der Waals surface area (Å²) < 4.78 is 34.1. The normalized spacial score (nSPS) is 10.3. The fraction of sp³-hybridized carbons (Fsp3) is 0.235. The van der Waals surface area contributed by atoms with Gasteiger partial charge in [-0.1, -0.05) is 24.3 Å². The zero-order chi connectivity index (χ0) is 17.4. The first-order chi connectivity index (χ1) is 11.6. The first-order valence-corrected chi connectivity index (χ1v) is 7.26. The van der Waals surface area contributed by atoms with Crippen LogP contribution in [0.3, 0.4) is 0 Å². The lowest BCUT2D eigenvalue weighted by Crippen LogP contribution is -2.29. The van der Waals surface area contributed by atoms with E-state index in [4.69, 9.17) is 4.74 Å². The number of anilines is 1. The maximum atomic E-state index is 12.3. The number of methoxy groups -OCH3 is 1. The van der Waals surface area contributed by atoms with Gasteiger partial charge in [0.2, 0.25) is 5.91 Å². The predicted octanol–water partition coefficient (Wildman–Crippen LogP) is 3.02. The summed E-state index contributed by atoms with van der Waals surface area (Å²) >= 11 is 0. The molecule has 0 aliphatic carbocycles. The SMILES string of the molecule is COc1ccc(CNC(=O)CNc2ccccc2OC(F)F)cc1. The highest BCUT2D eigenvalue weighted by Gasteiger charge is 2.10. The van der Waals surface area contributed by atoms with Gasteiger partial charge in [-0.2, -0.15) is 8.78 Å². The van der Waals surface area contributed by atoms with E-state index in [-0.39, 0.29) is 18.2 Å². The molecule has 0 heterocycles. The number of hydrogen-bond acceptors (Lipinski definition) is 4. The molecule has 2 aromatic rings. The summed E-state index contributed by atoms with van der Waals surface area (Å²) in [6.45, 7) is -2.61. The molecule has 0 aromatic heterocycles. The second-order valence-corrected chi connectivity index (χ2v) is 4.85. The lowest BCUT2D eigenvalue weighted by atomic mass is 10.2. The Morgan fingerprint density at radius 1 is 1.12 bits per heavy atom. The van der Waals surface area contributed by atoms with Crippen molar-refractivity contribution >= 4 is 11.6 Å². The third-order valence-corrected chi connectivity index (χ3v) is 3.19. The van der Waals surface area contributed by atoms with E-state index >= 15 is 0 Å². The summed E-state index contributed by atoms with van der Waals surface area (Å²) in [5, 5.41) is 5.52. The molecule has 0 atom stereocenters. The number of rotatable bonds is 8. The van der Waals surface area contributed by atoms with Crippen molar-refractivity contribution in [3.63, 3.8) is 0 Å². The molecule has 7 heteroatoms. The van der Waals surface area contributed by atoms with Gasteiger partial charge in [-0.25, -0.2) is 0 Å². The fourth-order valence-corrected chi connectivity index (χ4v) is 1.99. The molecule has 0 aliphatic rings. The highest BCUT2D eigenvalue weighted by Crippen LogP contribution is 2.25. The van der Waals surface area contributed by atoms with Crippen molar-refractivity contribution in [2.75, 3.05) is 19.0 Å². The molecule has 0 fully saturated rings. The van der Waals surface area contributed by atoms with Gasteiger partial charge in [0.15, 0.2) is 0 Å². The fourth-order valence-electron chi connectivity index (χ4n) is 1.99. The Hall–Kier alpha value is -2.83. The Morgan fingerprint density at radius 2 is 1.83 bits per heavy atom. The van der Waals surface area contributed by atoms with E-state index in [1.807, 2.05) is 12.1 Å². The van der Waals surface area contributed by atoms with Gasteiger partial charge in [-0.05, 0) is 29.8 Å². The first-order valence-electron chi connectivity index (χ1n) is 7.26. The van der Waals surface area contributed by atoms with Crippen LogP contribution in [0.15, 0.2) is 48.5 Å². The van der Waals surface area contributed by atoms with E-state index in [0.717, 1.165) is 11.3 Å². The summed E-state index contributed by atoms with van der Waals surface area (Å²) in [4.78, 5) is 11.9. The van der Waals surface area contributed by atoms with Crippen LogP contribution in [0.4, 0.5) is 14.5 Å². The lowest BCUT2D eigenvalue weighted by Gasteiger charge is -2.12. The molecule has 128 valence electrons. The minimum Gasteiger partial charge on any atom is -0.497 e. The minimum atomic E-state index is -2.92. The average Bonchev–Trinajstić information content (AvgIpc) is 2.59. The molecular formula is C17H18F2N2O3. The molecule has 2 N–H and O–H groups in total. The van der Waals surface area contributed by atoms with Crippen molar-refractivity contribution in [1.82, 2.24) is 5.32 Å². The maximum absolute atomic E-state index is 12.3. The summed E-state index contributed by atoms with van der Waals surface area (Å²) in [5.41, 5.74) is 1.25. The van der Waals surface area contributed by atoms with Crippen LogP contribution in [0, 0.1) is 0 Å². The third kappa shape index (κ3) is 5.42. The molecular weight excluding hydrogens is 318 g/mol. The number of nitrogens with one attached hydrogen (secondary N) is 2. The smallest absolute Gasteiger partial charge is 0.387 e. The Kier molecular flexibility index (Phi) is 6.36. The van der Waals surface area contributed by atoms with Crippen LogP contribution in [0.5, 0.6) is 11.5 Å². The number of amides is 1. The van der Waals surface area contributed by atoms with Gasteiger partial charge in [0, 0.05) is 6.54 Å². The summed E-state index contributed by atoms with van der Waals surface area (Å²) in [7, 11) is 1.58. The van der Waals surface area contributed by atoms with Crippen LogP contribution in [0.2, 0.25) is 0 Å². The number of carbonyl (C=O) groups is 1. The molecule has 0 saturated carbocycles. The van der Waals surface area contributed by atoms with Crippen molar-refractivity contribution in [2.45, 2.75) is 13.2 Å². The van der Waals surface area contributed by atoms with Gasteiger partial charge >= 0.3 is 6.61 Å². The quantitative estimate of drug-likeness (QED) is 0.778. The van der Waals surface area contributed by atoms with Gasteiger partial charge in [-0.15, -0.1) is 0 Å². The number of ether oxygens (including phenoxy) is 2. The Morgan fingerprint density at radius 3 is 2.50 bits per heavy atom. The van der Waals surface area contributed by atoms with E-state index in [1.54, 1.807) is 37.4 Å². The standard InChI is InChI=1S/C17H18F2N2O3/c1-23-13-8-6-12(7-9-13)10-21-16(22)11-20-14-4-2-3-5-15(14)24-17(18)19/h2-9,17,20H,10-11H2,1H3,(H,21,22). The minimum absolute atomic E-state index is 0.00421. The highest BCUT2D eigenvalue weighted by atomic mass is 19.3. The topological polar surface area (TPSA) is 59.6 Å². The van der Waals surface area contributed by atoms with Crippen LogP contribution in [-0.4, -0.2) is 26.2 Å². The largest absolute Gasteiger partial charge is 0.497 e. The Balaban J connectivity index is 1.82. The average molecular weight is 336 g/mol. The van der Waals surface area contributed by atoms with E-state index in [9.17, 15) is 13.6 Å². The zero-order valence-corrected chi connectivity index (χ0v) is 13.1. The van der Waals surface area contributed by atoms with E-state index in [1.165, 1.54) is 6.07 Å². The lowest BCUT2D eigenvalue weighted by molar-refractivity contribution is -0.119. The number of carbonyl (C=O) groups excluding carboxylic acids is 1. The number of halogens is 2. The van der Waals surface area contributed by atoms with E-state index in [2.05, 4.69) is 15.4 Å². The number of benzene rings is 2. The molecule has 0 unspecified atom stereocenters. The molecule has 0 aliphatic heterocycles. The van der Waals surface area contributed by atoms with Crippen molar-refractivity contribution < 1.29 is 23.0 Å². The predicted molar refractivity (Wildman–Crippen MR) is 86.4 cm³/mol. The molecule has 0 radical (unpaired) electrons. The van der Waals surface area contributed by atoms with E-state index in [0.29, 0.717) is 12.2 Å². The molecule has 2 aromatic carbocycles. The maximum Gasteiger partial charge on any atom is 0.387 e. The molecule has 0 spiro atoms. The monoisotopic (exact) mass is 336 g/mol. The molecule has 0 bridgehead atoms. The first kappa shape index (κ1) is 17.5. The van der Waals surface area contributed by atoms with Gasteiger partial charge in [0.05, 0.1) is 19.3 Å². The van der Waals surface area contributed by atoms with E-state index < -0.39 is 6.61 Å². The summed E-state index contributed by atoms with van der Waals surface area (Å²) in [5.74, 6) is 0.468. The summed E-state index contributed by atoms with van der Waals surface area (Å²) in [6, 6.07) is 13.5. The second kappa shape index (κ2) is 8.71. The van der Waals surface area contributed by atoms with Gasteiger partial charge < -0.3 is 20.1 Å². The second-order valence-electron chi connectivity index (χ2n) is 4.85. The molecule has 24 heavy (non-hydrogen) atoms. The Bertz CT molecular complexity index is 663. The van der Waals surface area contributed by atoms with Gasteiger partial charge in [0.1, 0.15) is 11.5 Å². The van der Waals surface area contributed by atoms with Crippen LogP contribution in [0.25, 0.3) is 0 Å². The van der Waals surface area contributed by atoms with Gasteiger partial charge in [-0.3, -0.25) is 4.79 Å². The Labute approximate surface area is 138 Å². The zero-order valence-electron chi connectivity index (χ0n) is 13.1. The van der Waals surface area contributed by atoms with Crippen molar-refractivity contribution in [3.05, 3.63) is 54.1 Å². The number of para-hydroxylation sites is 2.